The Balaban J connectivity index is 2.41. The van der Waals surface area contributed by atoms with Gasteiger partial charge in [0.05, 0.1) is 0 Å². The molecule has 2 rings (SSSR count). The molecule has 16 heavy (non-hydrogen) atoms. The lowest BCUT2D eigenvalue weighted by Gasteiger charge is -2.23. The van der Waals surface area contributed by atoms with E-state index in [2.05, 4.69) is 15.9 Å². The first kappa shape index (κ1) is 11.5. The van der Waals surface area contributed by atoms with Crippen LogP contribution in [-0.4, -0.2) is 10.7 Å². The molecule has 0 amide bonds. The highest BCUT2D eigenvalue weighted by Gasteiger charge is 2.43. The van der Waals surface area contributed by atoms with Crippen LogP contribution in [-0.2, 0) is 0 Å². The number of allylic oxidation sites excluding steroid dienone is 4. The second-order valence-electron chi connectivity index (χ2n) is 3.51. The minimum atomic E-state index is -2.73. The Morgan fingerprint density at radius 3 is 2.38 bits per heavy atom. The van der Waals surface area contributed by atoms with Gasteiger partial charge in [-0.2, -0.15) is 0 Å². The van der Waals surface area contributed by atoms with Crippen molar-refractivity contribution in [2.45, 2.75) is 10.7 Å². The number of alkyl halides is 3. The van der Waals surface area contributed by atoms with Crippen LogP contribution in [0.3, 0.4) is 0 Å². The first-order chi connectivity index (χ1) is 7.51. The normalized spacial score (nSPS) is 29.6. The number of hydrogen-bond acceptors (Lipinski definition) is 0. The summed E-state index contributed by atoms with van der Waals surface area (Å²) in [4.78, 5) is 0. The molecule has 1 aliphatic rings. The average molecular weight is 289 g/mol. The van der Waals surface area contributed by atoms with Gasteiger partial charge in [0.2, 0.25) is 4.58 Å². The van der Waals surface area contributed by atoms with E-state index in [1.807, 2.05) is 0 Å². The maximum atomic E-state index is 13.4. The molecule has 0 radical (unpaired) electrons. The molecule has 4 heteroatoms. The molecule has 84 valence electrons. The second kappa shape index (κ2) is 4.09. The Kier molecular flexibility index (Phi) is 2.93. The van der Waals surface area contributed by atoms with Crippen LogP contribution in [0, 0.1) is 0 Å². The van der Waals surface area contributed by atoms with Gasteiger partial charge >= 0.3 is 0 Å². The zero-order chi connectivity index (χ0) is 11.8. The fourth-order valence-corrected chi connectivity index (χ4v) is 1.73. The fourth-order valence-electron chi connectivity index (χ4n) is 1.49. The predicted octanol–water partition coefficient (Wildman–Crippen LogP) is 4.34. The van der Waals surface area contributed by atoms with Crippen molar-refractivity contribution in [2.75, 3.05) is 0 Å². The summed E-state index contributed by atoms with van der Waals surface area (Å²) >= 11 is 2.39. The highest BCUT2D eigenvalue weighted by molar-refractivity contribution is 9.10. The quantitative estimate of drug-likeness (QED) is 0.675. The third-order valence-corrected chi connectivity index (χ3v) is 3.20. The smallest absolute Gasteiger partial charge is 0.238 e. The Labute approximate surface area is 99.6 Å². The molecule has 0 heterocycles. The van der Waals surface area contributed by atoms with Gasteiger partial charge in [-0.3, -0.25) is 0 Å². The highest BCUT2D eigenvalue weighted by atomic mass is 79.9. The zero-order valence-corrected chi connectivity index (χ0v) is 9.72. The molecule has 0 nitrogen and oxygen atoms in total. The van der Waals surface area contributed by atoms with Crippen LogP contribution in [0.25, 0.3) is 5.57 Å². The van der Waals surface area contributed by atoms with Gasteiger partial charge in [-0.1, -0.05) is 30.3 Å². The van der Waals surface area contributed by atoms with E-state index < -0.39 is 16.6 Å². The van der Waals surface area contributed by atoms with E-state index in [4.69, 9.17) is 0 Å². The van der Waals surface area contributed by atoms with Crippen molar-refractivity contribution in [3.05, 3.63) is 53.9 Å². The van der Waals surface area contributed by atoms with Crippen LogP contribution in [0.1, 0.15) is 5.56 Å². The van der Waals surface area contributed by atoms with E-state index in [1.54, 1.807) is 30.3 Å². The van der Waals surface area contributed by atoms with Crippen LogP contribution in [0.5, 0.6) is 0 Å². The largest absolute Gasteiger partial charge is 0.250 e. The number of halogens is 4. The molecule has 0 saturated heterocycles. The zero-order valence-electron chi connectivity index (χ0n) is 8.13. The first-order valence-electron chi connectivity index (χ1n) is 4.68. The van der Waals surface area contributed by atoms with Crippen molar-refractivity contribution >= 4 is 21.5 Å². The summed E-state index contributed by atoms with van der Waals surface area (Å²) in [5, 5.41) is 0. The Hall–Kier alpha value is -1.03. The number of hydrogen-bond donors (Lipinski definition) is 0. The monoisotopic (exact) mass is 288 g/mol. The van der Waals surface area contributed by atoms with Crippen molar-refractivity contribution in [3.63, 3.8) is 0 Å². The molecular formula is C12H8BrF3. The maximum absolute atomic E-state index is 13.4. The van der Waals surface area contributed by atoms with Crippen LogP contribution >= 0.6 is 15.9 Å². The molecule has 0 fully saturated rings. The molecule has 0 aromatic heterocycles. The summed E-state index contributed by atoms with van der Waals surface area (Å²) in [7, 11) is 0. The Morgan fingerprint density at radius 1 is 1.19 bits per heavy atom. The molecule has 0 N–H and O–H groups in total. The summed E-state index contributed by atoms with van der Waals surface area (Å²) in [5.74, 6) is -1.15. The third kappa shape index (κ3) is 1.94. The van der Waals surface area contributed by atoms with E-state index in [0.717, 1.165) is 12.2 Å². The minimum absolute atomic E-state index is 0.346. The standard InChI is InChI=1S/C12H8BrF3/c13-12(16)10(14)6-9(7-11(12)15)8-4-2-1-3-5-8/h1-7,10H/t10-,12-/m1/s1. The van der Waals surface area contributed by atoms with Gasteiger partial charge in [-0.05, 0) is 39.2 Å². The molecule has 0 unspecified atom stereocenters. The third-order valence-electron chi connectivity index (χ3n) is 2.38. The lowest BCUT2D eigenvalue weighted by atomic mass is 9.97. The van der Waals surface area contributed by atoms with Crippen molar-refractivity contribution in [2.24, 2.45) is 0 Å². The number of benzene rings is 1. The Bertz CT molecular complexity index is 449. The van der Waals surface area contributed by atoms with Crippen LogP contribution in [0.2, 0.25) is 0 Å². The van der Waals surface area contributed by atoms with E-state index in [0.29, 0.717) is 11.1 Å². The minimum Gasteiger partial charge on any atom is -0.238 e. The van der Waals surface area contributed by atoms with Crippen molar-refractivity contribution in [1.29, 1.82) is 0 Å². The molecule has 1 aromatic rings. The van der Waals surface area contributed by atoms with Gasteiger partial charge in [0.25, 0.3) is 0 Å². The van der Waals surface area contributed by atoms with E-state index in [-0.39, 0.29) is 0 Å². The molecule has 0 spiro atoms. The van der Waals surface area contributed by atoms with Gasteiger partial charge in [0.1, 0.15) is 0 Å². The molecule has 1 aliphatic carbocycles. The van der Waals surface area contributed by atoms with Crippen LogP contribution < -0.4 is 0 Å². The maximum Gasteiger partial charge on any atom is 0.250 e. The van der Waals surface area contributed by atoms with Crippen LogP contribution in [0.15, 0.2) is 48.3 Å². The fraction of sp³-hybridized carbons (Fsp3) is 0.167. The molecule has 0 bridgehead atoms. The molecule has 0 saturated carbocycles. The van der Waals surface area contributed by atoms with Gasteiger partial charge < -0.3 is 0 Å². The molecule has 0 aliphatic heterocycles. The second-order valence-corrected chi connectivity index (χ2v) is 4.66. The van der Waals surface area contributed by atoms with E-state index >= 15 is 0 Å². The van der Waals surface area contributed by atoms with Gasteiger partial charge in [-0.25, -0.2) is 13.2 Å². The topological polar surface area (TPSA) is 0 Å². The highest BCUT2D eigenvalue weighted by Crippen LogP contribution is 2.42. The van der Waals surface area contributed by atoms with E-state index in [1.165, 1.54) is 0 Å². The van der Waals surface area contributed by atoms with E-state index in [9.17, 15) is 13.2 Å². The van der Waals surface area contributed by atoms with Crippen molar-refractivity contribution < 1.29 is 13.2 Å². The summed E-state index contributed by atoms with van der Waals surface area (Å²) in [6.07, 6.45) is 0.0283. The Morgan fingerprint density at radius 2 is 1.81 bits per heavy atom. The summed E-state index contributed by atoms with van der Waals surface area (Å²) in [6.45, 7) is 0. The lowest BCUT2D eigenvalue weighted by Crippen LogP contribution is -2.29. The molecule has 2 atom stereocenters. The molecule has 1 aromatic carbocycles. The van der Waals surface area contributed by atoms with Gasteiger partial charge in [-0.15, -0.1) is 0 Å². The predicted molar refractivity (Wildman–Crippen MR) is 61.3 cm³/mol. The summed E-state index contributed by atoms with van der Waals surface area (Å²) in [5.41, 5.74) is 1.00. The average Bonchev–Trinajstić information content (AvgIpc) is 2.27. The lowest BCUT2D eigenvalue weighted by molar-refractivity contribution is 0.183. The SMILES string of the molecule is FC1=CC(c2ccccc2)=C[C@@H](F)[C@]1(F)Br. The van der Waals surface area contributed by atoms with Crippen LogP contribution in [0.4, 0.5) is 13.2 Å². The number of rotatable bonds is 1. The molecular weight excluding hydrogens is 281 g/mol. The van der Waals surface area contributed by atoms with Crippen molar-refractivity contribution in [1.82, 2.24) is 0 Å². The van der Waals surface area contributed by atoms with Gasteiger partial charge in [0.15, 0.2) is 12.0 Å². The summed E-state index contributed by atoms with van der Waals surface area (Å²) < 4.78 is 37.3. The first-order valence-corrected chi connectivity index (χ1v) is 5.48. The van der Waals surface area contributed by atoms with Crippen molar-refractivity contribution in [3.8, 4) is 0 Å². The van der Waals surface area contributed by atoms with Gasteiger partial charge in [0, 0.05) is 0 Å². The summed E-state index contributed by atoms with van der Waals surface area (Å²) in [6, 6.07) is 8.72.